The fraction of sp³-hybridized carbons (Fsp3) is 0.222. The van der Waals surface area contributed by atoms with Crippen LogP contribution in [0.15, 0.2) is 59.7 Å². The number of aromatic nitrogens is 1. The van der Waals surface area contributed by atoms with Crippen molar-refractivity contribution in [3.05, 3.63) is 70.7 Å². The van der Waals surface area contributed by atoms with Crippen LogP contribution in [-0.4, -0.2) is 17.1 Å². The highest BCUT2D eigenvalue weighted by Crippen LogP contribution is 2.18. The second kappa shape index (κ2) is 7.45. The van der Waals surface area contributed by atoms with Crippen molar-refractivity contribution in [3.8, 4) is 11.5 Å². The van der Waals surface area contributed by atoms with Gasteiger partial charge in [-0.2, -0.15) is 0 Å². The number of hydrogen-bond acceptors (Lipinski definition) is 4. The van der Waals surface area contributed by atoms with Gasteiger partial charge in [-0.3, -0.25) is 4.79 Å². The molecule has 0 fully saturated rings. The van der Waals surface area contributed by atoms with Crippen LogP contribution in [-0.2, 0) is 11.3 Å². The lowest BCUT2D eigenvalue weighted by Crippen LogP contribution is -2.21. The SMILES string of the molecule is C=C(C)Cn1cc(Oc2ccccc2)c(=O)c(C(=O)OCC)c1. The molecule has 0 amide bonds. The maximum absolute atomic E-state index is 12.5. The molecule has 23 heavy (non-hydrogen) atoms. The summed E-state index contributed by atoms with van der Waals surface area (Å²) in [4.78, 5) is 24.5. The van der Waals surface area contributed by atoms with E-state index in [1.165, 1.54) is 6.20 Å². The summed E-state index contributed by atoms with van der Waals surface area (Å²) in [5, 5.41) is 0. The van der Waals surface area contributed by atoms with Gasteiger partial charge in [0.2, 0.25) is 5.43 Å². The molecule has 0 aliphatic heterocycles. The van der Waals surface area contributed by atoms with Crippen LogP contribution in [0.25, 0.3) is 0 Å². The molecule has 5 nitrogen and oxygen atoms in total. The van der Waals surface area contributed by atoms with Gasteiger partial charge >= 0.3 is 5.97 Å². The van der Waals surface area contributed by atoms with E-state index >= 15 is 0 Å². The van der Waals surface area contributed by atoms with Gasteiger partial charge in [-0.1, -0.05) is 30.4 Å². The first kappa shape index (κ1) is 16.5. The Balaban J connectivity index is 2.46. The van der Waals surface area contributed by atoms with Crippen LogP contribution < -0.4 is 10.2 Å². The zero-order valence-electron chi connectivity index (χ0n) is 13.2. The molecule has 5 heteroatoms. The molecule has 1 aromatic heterocycles. The number of para-hydroxylation sites is 1. The predicted octanol–water partition coefficient (Wildman–Crippen LogP) is 3.39. The fourth-order valence-electron chi connectivity index (χ4n) is 2.05. The van der Waals surface area contributed by atoms with Gasteiger partial charge in [0.1, 0.15) is 11.3 Å². The standard InChI is InChI=1S/C18H19NO4/c1-4-22-18(21)15-11-19(10-13(2)3)12-16(17(15)20)23-14-8-6-5-7-9-14/h5-9,11-12H,2,4,10H2,1,3H3. The summed E-state index contributed by atoms with van der Waals surface area (Å²) in [5.74, 6) is -0.0676. The molecule has 0 saturated heterocycles. The lowest BCUT2D eigenvalue weighted by molar-refractivity contribution is 0.0523. The molecule has 0 radical (unpaired) electrons. The average molecular weight is 313 g/mol. The van der Waals surface area contributed by atoms with Gasteiger partial charge in [0, 0.05) is 12.7 Å². The molecular weight excluding hydrogens is 294 g/mol. The second-order valence-electron chi connectivity index (χ2n) is 5.13. The molecular formula is C18H19NO4. The van der Waals surface area contributed by atoms with Crippen molar-refractivity contribution >= 4 is 5.97 Å². The third kappa shape index (κ3) is 4.32. The number of carbonyl (C=O) groups excluding carboxylic acids is 1. The lowest BCUT2D eigenvalue weighted by atomic mass is 10.2. The Kier molecular flexibility index (Phi) is 5.36. The number of pyridine rings is 1. The topological polar surface area (TPSA) is 57.5 Å². The van der Waals surface area contributed by atoms with Gasteiger partial charge in [-0.05, 0) is 26.0 Å². The number of rotatable bonds is 6. The molecule has 2 aromatic rings. The zero-order valence-corrected chi connectivity index (χ0v) is 13.2. The number of esters is 1. The Morgan fingerprint density at radius 2 is 1.91 bits per heavy atom. The summed E-state index contributed by atoms with van der Waals surface area (Å²) >= 11 is 0. The minimum atomic E-state index is -0.661. The Morgan fingerprint density at radius 3 is 2.52 bits per heavy atom. The average Bonchev–Trinajstić information content (AvgIpc) is 2.51. The molecule has 0 unspecified atom stereocenters. The van der Waals surface area contributed by atoms with Crippen molar-refractivity contribution in [1.82, 2.24) is 4.57 Å². The molecule has 0 atom stereocenters. The highest BCUT2D eigenvalue weighted by atomic mass is 16.5. The Morgan fingerprint density at radius 1 is 1.22 bits per heavy atom. The summed E-state index contributed by atoms with van der Waals surface area (Å²) < 4.78 is 12.3. The summed E-state index contributed by atoms with van der Waals surface area (Å²) in [6, 6.07) is 8.92. The van der Waals surface area contributed by atoms with Gasteiger partial charge in [-0.25, -0.2) is 4.79 Å². The van der Waals surface area contributed by atoms with Crippen LogP contribution in [0.3, 0.4) is 0 Å². The van der Waals surface area contributed by atoms with Crippen LogP contribution >= 0.6 is 0 Å². The van der Waals surface area contributed by atoms with E-state index in [1.54, 1.807) is 42.0 Å². The second-order valence-corrected chi connectivity index (χ2v) is 5.13. The van der Waals surface area contributed by atoms with E-state index in [2.05, 4.69) is 6.58 Å². The maximum Gasteiger partial charge on any atom is 0.343 e. The van der Waals surface area contributed by atoms with E-state index in [0.717, 1.165) is 5.57 Å². The van der Waals surface area contributed by atoms with Gasteiger partial charge < -0.3 is 14.0 Å². The molecule has 0 aliphatic rings. The minimum Gasteiger partial charge on any atom is -0.462 e. The van der Waals surface area contributed by atoms with Gasteiger partial charge in [-0.15, -0.1) is 0 Å². The minimum absolute atomic E-state index is 0.0541. The molecule has 0 aliphatic carbocycles. The fourth-order valence-corrected chi connectivity index (χ4v) is 2.05. The smallest absolute Gasteiger partial charge is 0.343 e. The van der Waals surface area contributed by atoms with Crippen molar-refractivity contribution < 1.29 is 14.3 Å². The number of allylic oxidation sites excluding steroid dienone is 1. The highest BCUT2D eigenvalue weighted by Gasteiger charge is 2.17. The van der Waals surface area contributed by atoms with E-state index in [-0.39, 0.29) is 17.9 Å². The first-order chi connectivity index (χ1) is 11.0. The van der Waals surface area contributed by atoms with Crippen LogP contribution in [0.5, 0.6) is 11.5 Å². The number of nitrogens with zero attached hydrogens (tertiary/aromatic N) is 1. The summed E-state index contributed by atoms with van der Waals surface area (Å²) in [7, 11) is 0. The van der Waals surface area contributed by atoms with Crippen LogP contribution in [0.4, 0.5) is 0 Å². The lowest BCUT2D eigenvalue weighted by Gasteiger charge is -2.12. The molecule has 0 saturated carbocycles. The van der Waals surface area contributed by atoms with E-state index in [9.17, 15) is 9.59 Å². The van der Waals surface area contributed by atoms with Crippen molar-refractivity contribution in [2.75, 3.05) is 6.61 Å². The Labute approximate surface area is 134 Å². The summed E-state index contributed by atoms with van der Waals surface area (Å²) in [6.45, 7) is 8.06. The largest absolute Gasteiger partial charge is 0.462 e. The van der Waals surface area contributed by atoms with Crippen LogP contribution in [0.2, 0.25) is 0 Å². The number of hydrogen-bond donors (Lipinski definition) is 0. The van der Waals surface area contributed by atoms with Gasteiger partial charge in [0.05, 0.1) is 12.8 Å². The van der Waals surface area contributed by atoms with E-state index in [4.69, 9.17) is 9.47 Å². The first-order valence-electron chi connectivity index (χ1n) is 7.29. The first-order valence-corrected chi connectivity index (χ1v) is 7.29. The van der Waals surface area contributed by atoms with E-state index < -0.39 is 11.4 Å². The van der Waals surface area contributed by atoms with Gasteiger partial charge in [0.25, 0.3) is 0 Å². The molecule has 2 rings (SSSR count). The van der Waals surface area contributed by atoms with Crippen molar-refractivity contribution in [2.24, 2.45) is 0 Å². The monoisotopic (exact) mass is 313 g/mol. The van der Waals surface area contributed by atoms with Crippen LogP contribution in [0, 0.1) is 0 Å². The number of benzene rings is 1. The quantitative estimate of drug-likeness (QED) is 0.606. The van der Waals surface area contributed by atoms with Gasteiger partial charge in [0.15, 0.2) is 5.75 Å². The predicted molar refractivity (Wildman–Crippen MR) is 88.0 cm³/mol. The summed E-state index contributed by atoms with van der Waals surface area (Å²) in [6.07, 6.45) is 3.03. The normalized spacial score (nSPS) is 10.2. The molecule has 1 aromatic carbocycles. The number of ether oxygens (including phenoxy) is 2. The van der Waals surface area contributed by atoms with Crippen molar-refractivity contribution in [2.45, 2.75) is 20.4 Å². The third-order valence-electron chi connectivity index (χ3n) is 2.97. The van der Waals surface area contributed by atoms with Crippen molar-refractivity contribution in [3.63, 3.8) is 0 Å². The number of carbonyl (C=O) groups is 1. The zero-order chi connectivity index (χ0) is 16.8. The highest BCUT2D eigenvalue weighted by molar-refractivity contribution is 5.89. The summed E-state index contributed by atoms with van der Waals surface area (Å²) in [5.41, 5.74) is 0.334. The van der Waals surface area contributed by atoms with Crippen LogP contribution in [0.1, 0.15) is 24.2 Å². The van der Waals surface area contributed by atoms with E-state index in [1.807, 2.05) is 13.0 Å². The Bertz CT molecular complexity index is 762. The third-order valence-corrected chi connectivity index (χ3v) is 2.97. The molecule has 0 N–H and O–H groups in total. The maximum atomic E-state index is 12.5. The molecule has 1 heterocycles. The molecule has 120 valence electrons. The van der Waals surface area contributed by atoms with E-state index in [0.29, 0.717) is 12.3 Å². The van der Waals surface area contributed by atoms with Crippen molar-refractivity contribution in [1.29, 1.82) is 0 Å². The Hall–Kier alpha value is -2.82. The molecule has 0 bridgehead atoms. The molecule has 0 spiro atoms.